The van der Waals surface area contributed by atoms with Gasteiger partial charge in [0, 0.05) is 11.1 Å². The van der Waals surface area contributed by atoms with Crippen molar-refractivity contribution in [2.75, 3.05) is 0 Å². The third-order valence-corrected chi connectivity index (χ3v) is 4.63. The van der Waals surface area contributed by atoms with Crippen molar-refractivity contribution in [1.82, 2.24) is 15.0 Å². The van der Waals surface area contributed by atoms with Crippen LogP contribution in [0.2, 0.25) is 0 Å². The molecule has 3 rings (SSSR count). The summed E-state index contributed by atoms with van der Waals surface area (Å²) in [6.07, 6.45) is 8.75. The standard InChI is InChI=1S/C23H27N3/c1-3-5-7-18-9-13-20(14-10-18)22-24-17-25-23(26-22)21-15-11-19(12-16-21)8-6-4-2/h9-17H,3-8H2,1-2H3. The van der Waals surface area contributed by atoms with Crippen LogP contribution in [0.3, 0.4) is 0 Å². The van der Waals surface area contributed by atoms with Crippen LogP contribution < -0.4 is 0 Å². The van der Waals surface area contributed by atoms with E-state index in [-0.39, 0.29) is 0 Å². The SMILES string of the molecule is CCCCc1ccc(-c2ncnc(-c3ccc(CCCC)cc3)n2)cc1. The van der Waals surface area contributed by atoms with Gasteiger partial charge in [-0.15, -0.1) is 0 Å². The van der Waals surface area contributed by atoms with Crippen molar-refractivity contribution < 1.29 is 0 Å². The fraction of sp³-hybridized carbons (Fsp3) is 0.348. The van der Waals surface area contributed by atoms with E-state index in [4.69, 9.17) is 0 Å². The van der Waals surface area contributed by atoms with Crippen LogP contribution in [0.25, 0.3) is 22.8 Å². The van der Waals surface area contributed by atoms with Gasteiger partial charge in [0.05, 0.1) is 0 Å². The summed E-state index contributed by atoms with van der Waals surface area (Å²) in [7, 11) is 0. The molecule has 0 unspecified atom stereocenters. The predicted molar refractivity (Wildman–Crippen MR) is 108 cm³/mol. The summed E-state index contributed by atoms with van der Waals surface area (Å²) >= 11 is 0. The molecule has 0 atom stereocenters. The van der Waals surface area contributed by atoms with Crippen LogP contribution in [-0.4, -0.2) is 15.0 Å². The third kappa shape index (κ3) is 4.75. The first-order valence-corrected chi connectivity index (χ1v) is 9.67. The zero-order chi connectivity index (χ0) is 18.2. The van der Waals surface area contributed by atoms with E-state index in [9.17, 15) is 0 Å². The fourth-order valence-corrected chi connectivity index (χ4v) is 2.98. The molecule has 3 nitrogen and oxygen atoms in total. The highest BCUT2D eigenvalue weighted by Crippen LogP contribution is 2.21. The van der Waals surface area contributed by atoms with Crippen LogP contribution in [0.4, 0.5) is 0 Å². The Morgan fingerprint density at radius 2 is 1.04 bits per heavy atom. The van der Waals surface area contributed by atoms with E-state index >= 15 is 0 Å². The molecular weight excluding hydrogens is 318 g/mol. The molecule has 3 aromatic rings. The van der Waals surface area contributed by atoms with Crippen molar-refractivity contribution in [3.63, 3.8) is 0 Å². The van der Waals surface area contributed by atoms with Crippen molar-refractivity contribution in [3.8, 4) is 22.8 Å². The van der Waals surface area contributed by atoms with Gasteiger partial charge < -0.3 is 0 Å². The molecule has 134 valence electrons. The van der Waals surface area contributed by atoms with Crippen molar-refractivity contribution >= 4 is 0 Å². The molecule has 0 amide bonds. The summed E-state index contributed by atoms with van der Waals surface area (Å²) in [6, 6.07) is 17.1. The molecule has 26 heavy (non-hydrogen) atoms. The molecule has 0 spiro atoms. The number of aryl methyl sites for hydroxylation is 2. The molecule has 1 heterocycles. The number of benzene rings is 2. The van der Waals surface area contributed by atoms with E-state index in [0.717, 1.165) is 35.6 Å². The van der Waals surface area contributed by atoms with Crippen molar-refractivity contribution in [3.05, 3.63) is 66.0 Å². The molecule has 0 aliphatic heterocycles. The molecule has 0 N–H and O–H groups in total. The summed E-state index contributed by atoms with van der Waals surface area (Å²) in [4.78, 5) is 13.4. The maximum atomic E-state index is 4.67. The van der Waals surface area contributed by atoms with Crippen molar-refractivity contribution in [1.29, 1.82) is 0 Å². The number of aromatic nitrogens is 3. The largest absolute Gasteiger partial charge is 0.217 e. The van der Waals surface area contributed by atoms with E-state index in [1.807, 2.05) is 0 Å². The van der Waals surface area contributed by atoms with Gasteiger partial charge in [0.1, 0.15) is 6.33 Å². The van der Waals surface area contributed by atoms with Gasteiger partial charge in [-0.2, -0.15) is 0 Å². The van der Waals surface area contributed by atoms with Crippen LogP contribution >= 0.6 is 0 Å². The summed E-state index contributed by atoms with van der Waals surface area (Å²) in [5, 5.41) is 0. The Hall–Kier alpha value is -2.55. The van der Waals surface area contributed by atoms with E-state index in [1.54, 1.807) is 6.33 Å². The zero-order valence-corrected chi connectivity index (χ0v) is 15.8. The molecular formula is C23H27N3. The van der Waals surface area contributed by atoms with E-state index in [0.29, 0.717) is 0 Å². The van der Waals surface area contributed by atoms with Crippen molar-refractivity contribution in [2.45, 2.75) is 52.4 Å². The van der Waals surface area contributed by atoms with Crippen LogP contribution in [-0.2, 0) is 12.8 Å². The van der Waals surface area contributed by atoms with Crippen LogP contribution in [0, 0.1) is 0 Å². The molecule has 2 aromatic carbocycles. The molecule has 0 radical (unpaired) electrons. The molecule has 0 bridgehead atoms. The topological polar surface area (TPSA) is 38.7 Å². The summed E-state index contributed by atoms with van der Waals surface area (Å²) < 4.78 is 0. The highest BCUT2D eigenvalue weighted by Gasteiger charge is 2.06. The number of hydrogen-bond donors (Lipinski definition) is 0. The lowest BCUT2D eigenvalue weighted by Crippen LogP contribution is -1.96. The fourth-order valence-electron chi connectivity index (χ4n) is 2.98. The number of hydrogen-bond acceptors (Lipinski definition) is 3. The van der Waals surface area contributed by atoms with Crippen LogP contribution in [0.5, 0.6) is 0 Å². The van der Waals surface area contributed by atoms with Crippen molar-refractivity contribution in [2.24, 2.45) is 0 Å². The molecule has 0 aliphatic carbocycles. The van der Waals surface area contributed by atoms with Crippen LogP contribution in [0.1, 0.15) is 50.7 Å². The van der Waals surface area contributed by atoms with E-state index < -0.39 is 0 Å². The average molecular weight is 345 g/mol. The monoisotopic (exact) mass is 345 g/mol. The maximum absolute atomic E-state index is 4.67. The van der Waals surface area contributed by atoms with Gasteiger partial charge in [-0.05, 0) is 36.8 Å². The summed E-state index contributed by atoms with van der Waals surface area (Å²) in [6.45, 7) is 4.44. The Balaban J connectivity index is 1.77. The molecule has 1 aromatic heterocycles. The number of nitrogens with zero attached hydrogens (tertiary/aromatic N) is 3. The second-order valence-corrected chi connectivity index (χ2v) is 6.73. The third-order valence-electron chi connectivity index (χ3n) is 4.63. The Labute approximate surface area is 156 Å². The molecule has 0 aliphatic rings. The second-order valence-electron chi connectivity index (χ2n) is 6.73. The highest BCUT2D eigenvalue weighted by atomic mass is 15.0. The normalized spacial score (nSPS) is 10.8. The first kappa shape index (κ1) is 18.2. The number of rotatable bonds is 8. The first-order chi connectivity index (χ1) is 12.8. The Kier molecular flexibility index (Phi) is 6.48. The van der Waals surface area contributed by atoms with Gasteiger partial charge >= 0.3 is 0 Å². The summed E-state index contributed by atoms with van der Waals surface area (Å²) in [5.74, 6) is 1.46. The van der Waals surface area contributed by atoms with Gasteiger partial charge in [0.15, 0.2) is 11.6 Å². The molecule has 0 fully saturated rings. The second kappa shape index (κ2) is 9.23. The minimum Gasteiger partial charge on any atom is -0.217 e. The highest BCUT2D eigenvalue weighted by molar-refractivity contribution is 5.60. The molecule has 0 saturated heterocycles. The lowest BCUT2D eigenvalue weighted by molar-refractivity contribution is 0.795. The smallest absolute Gasteiger partial charge is 0.163 e. The van der Waals surface area contributed by atoms with Gasteiger partial charge in [-0.3, -0.25) is 0 Å². The van der Waals surface area contributed by atoms with Gasteiger partial charge in [-0.25, -0.2) is 15.0 Å². The average Bonchev–Trinajstić information content (AvgIpc) is 2.71. The lowest BCUT2D eigenvalue weighted by Gasteiger charge is -2.06. The Morgan fingerprint density at radius 1 is 0.615 bits per heavy atom. The minimum atomic E-state index is 0.729. The first-order valence-electron chi connectivity index (χ1n) is 9.67. The van der Waals surface area contributed by atoms with Gasteiger partial charge in [0.25, 0.3) is 0 Å². The van der Waals surface area contributed by atoms with Gasteiger partial charge in [0.2, 0.25) is 0 Å². The maximum Gasteiger partial charge on any atom is 0.163 e. The quantitative estimate of drug-likeness (QED) is 0.511. The minimum absolute atomic E-state index is 0.729. The summed E-state index contributed by atoms with van der Waals surface area (Å²) in [5.41, 5.74) is 4.81. The Morgan fingerprint density at radius 3 is 1.42 bits per heavy atom. The zero-order valence-electron chi connectivity index (χ0n) is 15.8. The number of unbranched alkanes of at least 4 members (excludes halogenated alkanes) is 2. The van der Waals surface area contributed by atoms with E-state index in [2.05, 4.69) is 77.3 Å². The lowest BCUT2D eigenvalue weighted by atomic mass is 10.1. The van der Waals surface area contributed by atoms with E-state index in [1.165, 1.54) is 36.8 Å². The predicted octanol–water partition coefficient (Wildman–Crippen LogP) is 5.89. The molecule has 3 heteroatoms. The van der Waals surface area contributed by atoms with Crippen LogP contribution in [0.15, 0.2) is 54.9 Å². The van der Waals surface area contributed by atoms with Gasteiger partial charge in [-0.1, -0.05) is 75.2 Å². The Bertz CT molecular complexity index is 741. The molecule has 0 saturated carbocycles.